The molecule has 1 unspecified atom stereocenters. The average Bonchev–Trinajstić information content (AvgIpc) is 2.93. The third-order valence-corrected chi connectivity index (χ3v) is 5.20. The van der Waals surface area contributed by atoms with Crippen molar-refractivity contribution in [2.24, 2.45) is 0 Å². The molecule has 0 saturated carbocycles. The summed E-state index contributed by atoms with van der Waals surface area (Å²) in [5.41, 5.74) is 2.67. The smallest absolute Gasteiger partial charge is 0.262 e. The molecular formula is C22H19N3O5. The Labute approximate surface area is 172 Å². The van der Waals surface area contributed by atoms with Crippen molar-refractivity contribution in [1.82, 2.24) is 10.2 Å². The van der Waals surface area contributed by atoms with Gasteiger partial charge in [0.25, 0.3) is 11.8 Å². The van der Waals surface area contributed by atoms with E-state index in [0.29, 0.717) is 17.7 Å². The highest BCUT2D eigenvalue weighted by atomic mass is 16.2. The van der Waals surface area contributed by atoms with Gasteiger partial charge in [-0.15, -0.1) is 0 Å². The first-order valence-electron chi connectivity index (χ1n) is 9.55. The number of nitrogens with one attached hydrogen (secondary N) is 2. The molecule has 8 heteroatoms. The van der Waals surface area contributed by atoms with E-state index in [-0.39, 0.29) is 29.9 Å². The minimum absolute atomic E-state index is 0.0760. The van der Waals surface area contributed by atoms with Gasteiger partial charge in [0, 0.05) is 19.0 Å². The van der Waals surface area contributed by atoms with Crippen LogP contribution >= 0.6 is 0 Å². The van der Waals surface area contributed by atoms with E-state index in [2.05, 4.69) is 10.6 Å². The van der Waals surface area contributed by atoms with E-state index in [1.54, 1.807) is 36.4 Å². The van der Waals surface area contributed by atoms with Crippen molar-refractivity contribution < 1.29 is 24.0 Å². The number of rotatable bonds is 4. The first-order chi connectivity index (χ1) is 14.3. The molecule has 2 aliphatic rings. The normalized spacial score (nSPS) is 18.3. The maximum atomic E-state index is 13.1. The molecular weight excluding hydrogens is 386 g/mol. The van der Waals surface area contributed by atoms with Gasteiger partial charge in [0.15, 0.2) is 0 Å². The van der Waals surface area contributed by atoms with Crippen LogP contribution in [0.5, 0.6) is 0 Å². The second-order valence-corrected chi connectivity index (χ2v) is 7.35. The summed E-state index contributed by atoms with van der Waals surface area (Å²) in [5, 5.41) is 4.91. The van der Waals surface area contributed by atoms with Crippen LogP contribution in [0.2, 0.25) is 0 Å². The van der Waals surface area contributed by atoms with Gasteiger partial charge in [0.05, 0.1) is 11.1 Å². The van der Waals surface area contributed by atoms with Crippen molar-refractivity contribution in [3.05, 3.63) is 64.7 Å². The molecule has 4 rings (SSSR count). The maximum absolute atomic E-state index is 13.1. The zero-order valence-corrected chi connectivity index (χ0v) is 16.2. The number of hydrogen-bond donors (Lipinski definition) is 2. The molecule has 0 aromatic heterocycles. The molecule has 5 amide bonds. The molecule has 1 atom stereocenters. The number of imide groups is 2. The summed E-state index contributed by atoms with van der Waals surface area (Å²) in [7, 11) is 0. The second kappa shape index (κ2) is 7.55. The molecule has 2 aliphatic heterocycles. The number of amides is 5. The average molecular weight is 405 g/mol. The lowest BCUT2D eigenvalue weighted by molar-refractivity contribution is -0.136. The molecule has 30 heavy (non-hydrogen) atoms. The van der Waals surface area contributed by atoms with Crippen LogP contribution in [0.4, 0.5) is 5.69 Å². The largest absolute Gasteiger partial charge is 0.326 e. The number of benzene rings is 2. The molecule has 0 aliphatic carbocycles. The topological polar surface area (TPSA) is 113 Å². The molecule has 2 aromatic carbocycles. The fraction of sp³-hybridized carbons (Fsp3) is 0.227. The van der Waals surface area contributed by atoms with E-state index >= 15 is 0 Å². The molecule has 2 aromatic rings. The van der Waals surface area contributed by atoms with Gasteiger partial charge in [0.1, 0.15) is 6.04 Å². The van der Waals surface area contributed by atoms with Crippen molar-refractivity contribution in [2.75, 3.05) is 5.32 Å². The number of hydrogen-bond acceptors (Lipinski definition) is 5. The Kier molecular flexibility index (Phi) is 4.91. The van der Waals surface area contributed by atoms with Crippen molar-refractivity contribution in [2.45, 2.75) is 32.2 Å². The van der Waals surface area contributed by atoms with Gasteiger partial charge in [-0.1, -0.05) is 24.3 Å². The van der Waals surface area contributed by atoms with Gasteiger partial charge in [0.2, 0.25) is 17.7 Å². The summed E-state index contributed by atoms with van der Waals surface area (Å²) in [6.07, 6.45) is 0.565. The molecule has 2 N–H and O–H groups in total. The third-order valence-electron chi connectivity index (χ3n) is 5.20. The molecule has 0 bridgehead atoms. The molecule has 2 heterocycles. The highest BCUT2D eigenvalue weighted by Crippen LogP contribution is 2.31. The van der Waals surface area contributed by atoms with Gasteiger partial charge in [-0.25, -0.2) is 0 Å². The number of nitrogens with zero attached hydrogens (tertiary/aromatic N) is 1. The molecule has 152 valence electrons. The summed E-state index contributed by atoms with van der Waals surface area (Å²) >= 11 is 0. The van der Waals surface area contributed by atoms with Gasteiger partial charge in [-0.2, -0.15) is 0 Å². The Hall–Kier alpha value is -3.81. The summed E-state index contributed by atoms with van der Waals surface area (Å²) in [6.45, 7) is 1.42. The molecule has 1 fully saturated rings. The van der Waals surface area contributed by atoms with Crippen molar-refractivity contribution in [3.8, 4) is 0 Å². The maximum Gasteiger partial charge on any atom is 0.262 e. The van der Waals surface area contributed by atoms with Crippen LogP contribution in [0, 0.1) is 0 Å². The first kappa shape index (κ1) is 19.5. The minimum atomic E-state index is -0.994. The van der Waals surface area contributed by atoms with Crippen molar-refractivity contribution in [1.29, 1.82) is 0 Å². The number of carbonyl (C=O) groups is 5. The van der Waals surface area contributed by atoms with Gasteiger partial charge < -0.3 is 5.32 Å². The Morgan fingerprint density at radius 1 is 1.10 bits per heavy atom. The molecule has 1 saturated heterocycles. The second-order valence-electron chi connectivity index (χ2n) is 7.35. The Bertz CT molecular complexity index is 1110. The summed E-state index contributed by atoms with van der Waals surface area (Å²) in [6, 6.07) is 11.3. The summed E-state index contributed by atoms with van der Waals surface area (Å²) < 4.78 is 0. The van der Waals surface area contributed by atoms with E-state index < -0.39 is 29.7 Å². The van der Waals surface area contributed by atoms with Crippen LogP contribution in [-0.2, 0) is 20.8 Å². The van der Waals surface area contributed by atoms with Crippen molar-refractivity contribution in [3.63, 3.8) is 0 Å². The fourth-order valence-corrected chi connectivity index (χ4v) is 3.91. The number of carbonyl (C=O) groups excluding carboxylic acids is 5. The van der Waals surface area contributed by atoms with Crippen LogP contribution in [-0.4, -0.2) is 40.5 Å². The predicted molar refractivity (Wildman–Crippen MR) is 107 cm³/mol. The number of anilines is 1. The zero-order chi connectivity index (χ0) is 21.4. The van der Waals surface area contributed by atoms with E-state index in [9.17, 15) is 24.0 Å². The number of piperidine rings is 1. The first-order valence-corrected chi connectivity index (χ1v) is 9.55. The molecule has 0 spiro atoms. The lowest BCUT2D eigenvalue weighted by atomic mass is 9.96. The Morgan fingerprint density at radius 3 is 2.60 bits per heavy atom. The standard InChI is InChI=1S/C22H19N3O5/c1-12(26)23-15-6-2-4-13(11-15)10-14-5-3-7-16-19(14)22(30)25(21(16)29)17-8-9-18(27)24-20(17)28/h2-7,11,17H,8-10H2,1H3,(H,23,26)(H,24,27,28). The minimum Gasteiger partial charge on any atom is -0.326 e. The third kappa shape index (κ3) is 3.47. The van der Waals surface area contributed by atoms with Crippen molar-refractivity contribution >= 4 is 35.2 Å². The molecule has 0 radical (unpaired) electrons. The van der Waals surface area contributed by atoms with E-state index in [0.717, 1.165) is 10.5 Å². The van der Waals surface area contributed by atoms with Crippen LogP contribution in [0.3, 0.4) is 0 Å². The highest BCUT2D eigenvalue weighted by molar-refractivity contribution is 6.24. The monoisotopic (exact) mass is 405 g/mol. The SMILES string of the molecule is CC(=O)Nc1cccc(Cc2cccc3c2C(=O)N(C2CCC(=O)NC2=O)C3=O)c1. The quantitative estimate of drug-likeness (QED) is 0.751. The lowest BCUT2D eigenvalue weighted by Gasteiger charge is -2.27. The van der Waals surface area contributed by atoms with Gasteiger partial charge in [-0.3, -0.25) is 34.2 Å². The summed E-state index contributed by atoms with van der Waals surface area (Å²) in [4.78, 5) is 61.9. The Balaban J connectivity index is 1.65. The van der Waals surface area contributed by atoms with Crippen LogP contribution in [0.25, 0.3) is 0 Å². The highest BCUT2D eigenvalue weighted by Gasteiger charge is 2.45. The predicted octanol–water partition coefficient (Wildman–Crippen LogP) is 1.64. The van der Waals surface area contributed by atoms with Gasteiger partial charge in [-0.05, 0) is 42.2 Å². The van der Waals surface area contributed by atoms with Crippen LogP contribution in [0.15, 0.2) is 42.5 Å². The number of fused-ring (bicyclic) bond motifs is 1. The van der Waals surface area contributed by atoms with E-state index in [1.807, 2.05) is 6.07 Å². The fourth-order valence-electron chi connectivity index (χ4n) is 3.91. The lowest BCUT2D eigenvalue weighted by Crippen LogP contribution is -2.54. The van der Waals surface area contributed by atoms with Crippen LogP contribution in [0.1, 0.15) is 51.6 Å². The molecule has 8 nitrogen and oxygen atoms in total. The zero-order valence-electron chi connectivity index (χ0n) is 16.2. The van der Waals surface area contributed by atoms with Gasteiger partial charge >= 0.3 is 0 Å². The van der Waals surface area contributed by atoms with Crippen LogP contribution < -0.4 is 10.6 Å². The Morgan fingerprint density at radius 2 is 1.87 bits per heavy atom. The summed E-state index contributed by atoms with van der Waals surface area (Å²) in [5.74, 6) is -2.29. The van der Waals surface area contributed by atoms with E-state index in [4.69, 9.17) is 0 Å². The van der Waals surface area contributed by atoms with E-state index in [1.165, 1.54) is 6.92 Å².